The number of rotatable bonds is 3. The number of hydrogen-bond acceptors (Lipinski definition) is 4. The number of carboxylic acid groups (broad SMARTS) is 1. The molecule has 2 N–H and O–H groups in total. The molecule has 19 heavy (non-hydrogen) atoms. The monoisotopic (exact) mass is 266 g/mol. The second-order valence-corrected chi connectivity index (χ2v) is 4.99. The topological polar surface area (TPSA) is 92.4 Å². The fourth-order valence-corrected chi connectivity index (χ4v) is 2.49. The molecule has 1 amide bonds. The second kappa shape index (κ2) is 5.86. The van der Waals surface area contributed by atoms with E-state index in [0.29, 0.717) is 18.6 Å². The highest BCUT2D eigenvalue weighted by molar-refractivity contribution is 5.92. The highest BCUT2D eigenvalue weighted by Gasteiger charge is 2.31. The highest BCUT2D eigenvalue weighted by Crippen LogP contribution is 2.24. The molecule has 6 nitrogen and oxygen atoms in total. The highest BCUT2D eigenvalue weighted by atomic mass is 16.5. The summed E-state index contributed by atoms with van der Waals surface area (Å²) < 4.78 is 4.85. The number of carbonyl (C=O) groups excluding carboxylic acids is 1. The Labute approximate surface area is 111 Å². The fraction of sp³-hybridized carbons (Fsp3) is 0.615. The first-order chi connectivity index (χ1) is 9.08. The van der Waals surface area contributed by atoms with Crippen LogP contribution in [0.3, 0.4) is 0 Å². The van der Waals surface area contributed by atoms with E-state index in [-0.39, 0.29) is 17.6 Å². The van der Waals surface area contributed by atoms with E-state index in [1.807, 2.05) is 0 Å². The number of carboxylic acids is 1. The number of aryl methyl sites for hydroxylation is 1. The maximum Gasteiger partial charge on any atom is 0.308 e. The number of amides is 1. The normalized spacial score (nSPS) is 23.6. The van der Waals surface area contributed by atoms with Crippen LogP contribution in [0.15, 0.2) is 10.6 Å². The smallest absolute Gasteiger partial charge is 0.308 e. The average Bonchev–Trinajstić information content (AvgIpc) is 2.65. The maximum atomic E-state index is 12.0. The van der Waals surface area contributed by atoms with E-state index in [4.69, 9.17) is 4.52 Å². The van der Waals surface area contributed by atoms with Crippen molar-refractivity contribution >= 4 is 11.9 Å². The van der Waals surface area contributed by atoms with Gasteiger partial charge in [-0.25, -0.2) is 0 Å². The lowest BCUT2D eigenvalue weighted by Crippen LogP contribution is -2.42. The fourth-order valence-electron chi connectivity index (χ4n) is 2.49. The lowest BCUT2D eigenvalue weighted by molar-refractivity contribution is -0.142. The van der Waals surface area contributed by atoms with Crippen molar-refractivity contribution in [2.45, 2.75) is 45.1 Å². The largest absolute Gasteiger partial charge is 0.481 e. The van der Waals surface area contributed by atoms with Crippen molar-refractivity contribution in [3.63, 3.8) is 0 Å². The van der Waals surface area contributed by atoms with Crippen molar-refractivity contribution in [2.75, 3.05) is 0 Å². The van der Waals surface area contributed by atoms with Crippen LogP contribution in [-0.2, 0) is 4.79 Å². The summed E-state index contributed by atoms with van der Waals surface area (Å²) in [4.78, 5) is 23.2. The summed E-state index contributed by atoms with van der Waals surface area (Å²) in [6, 6.07) is 1.21. The van der Waals surface area contributed by atoms with Crippen LogP contribution < -0.4 is 5.32 Å². The Bertz CT molecular complexity index is 469. The quantitative estimate of drug-likeness (QED) is 0.813. The molecular formula is C13H18N2O4. The van der Waals surface area contributed by atoms with E-state index in [9.17, 15) is 14.7 Å². The van der Waals surface area contributed by atoms with Crippen LogP contribution in [0.25, 0.3) is 0 Å². The molecule has 0 spiro atoms. The molecule has 2 atom stereocenters. The Hall–Kier alpha value is -1.85. The molecule has 0 unspecified atom stereocenters. The number of carbonyl (C=O) groups is 2. The van der Waals surface area contributed by atoms with Crippen LogP contribution >= 0.6 is 0 Å². The summed E-state index contributed by atoms with van der Waals surface area (Å²) in [7, 11) is 0. The maximum absolute atomic E-state index is 12.0. The lowest BCUT2D eigenvalue weighted by Gasteiger charge is -2.22. The van der Waals surface area contributed by atoms with Crippen molar-refractivity contribution in [3.8, 4) is 0 Å². The summed E-state index contributed by atoms with van der Waals surface area (Å²) in [6.45, 7) is 1.70. The van der Waals surface area contributed by atoms with E-state index in [1.54, 1.807) is 13.0 Å². The molecule has 1 saturated carbocycles. The number of aliphatic carboxylic acids is 1. The third kappa shape index (κ3) is 3.33. The number of nitrogens with one attached hydrogen (secondary N) is 1. The minimum absolute atomic E-state index is 0.200. The van der Waals surface area contributed by atoms with Gasteiger partial charge in [0.1, 0.15) is 5.76 Å². The molecule has 1 aromatic rings. The molecule has 0 aliphatic heterocycles. The molecule has 6 heteroatoms. The Morgan fingerprint density at radius 2 is 2.11 bits per heavy atom. The first kappa shape index (κ1) is 13.6. The van der Waals surface area contributed by atoms with Gasteiger partial charge in [-0.15, -0.1) is 0 Å². The van der Waals surface area contributed by atoms with E-state index in [2.05, 4.69) is 10.5 Å². The van der Waals surface area contributed by atoms with E-state index in [1.165, 1.54) is 0 Å². The van der Waals surface area contributed by atoms with Crippen LogP contribution in [0, 0.1) is 12.8 Å². The summed E-state index contributed by atoms with van der Waals surface area (Å²) in [5.74, 6) is -1.17. The van der Waals surface area contributed by atoms with Gasteiger partial charge in [0, 0.05) is 12.1 Å². The van der Waals surface area contributed by atoms with E-state index >= 15 is 0 Å². The van der Waals surface area contributed by atoms with Crippen molar-refractivity contribution in [2.24, 2.45) is 5.92 Å². The Morgan fingerprint density at radius 3 is 2.74 bits per heavy atom. The van der Waals surface area contributed by atoms with E-state index in [0.717, 1.165) is 19.3 Å². The molecule has 0 bridgehead atoms. The third-order valence-electron chi connectivity index (χ3n) is 3.51. The molecule has 1 aromatic heterocycles. The zero-order valence-corrected chi connectivity index (χ0v) is 10.9. The zero-order chi connectivity index (χ0) is 13.8. The van der Waals surface area contributed by atoms with Gasteiger partial charge in [0.25, 0.3) is 5.91 Å². The minimum atomic E-state index is -0.844. The molecule has 2 rings (SSSR count). The number of aromatic nitrogens is 1. The van der Waals surface area contributed by atoms with Gasteiger partial charge in [0.2, 0.25) is 0 Å². The molecule has 1 heterocycles. The first-order valence-electron chi connectivity index (χ1n) is 6.55. The molecule has 0 saturated heterocycles. The minimum Gasteiger partial charge on any atom is -0.481 e. The van der Waals surface area contributed by atoms with Crippen LogP contribution in [0.1, 0.15) is 48.4 Å². The Kier molecular flexibility index (Phi) is 4.19. The van der Waals surface area contributed by atoms with Crippen molar-refractivity contribution in [3.05, 3.63) is 17.5 Å². The van der Waals surface area contributed by atoms with Gasteiger partial charge in [-0.1, -0.05) is 24.4 Å². The zero-order valence-electron chi connectivity index (χ0n) is 10.9. The van der Waals surface area contributed by atoms with Crippen molar-refractivity contribution < 1.29 is 19.2 Å². The van der Waals surface area contributed by atoms with Gasteiger partial charge in [0.15, 0.2) is 5.69 Å². The second-order valence-electron chi connectivity index (χ2n) is 4.99. The van der Waals surface area contributed by atoms with Crippen LogP contribution in [0.5, 0.6) is 0 Å². The molecule has 1 fully saturated rings. The van der Waals surface area contributed by atoms with Crippen LogP contribution in [-0.4, -0.2) is 28.2 Å². The molecule has 0 aromatic carbocycles. The SMILES string of the molecule is Cc1cc(C(=O)N[C@@H]2CCCCC[C@H]2C(=O)O)no1. The van der Waals surface area contributed by atoms with Crippen LogP contribution in [0.4, 0.5) is 0 Å². The summed E-state index contributed by atoms with van der Waals surface area (Å²) in [6.07, 6.45) is 4.15. The lowest BCUT2D eigenvalue weighted by atomic mass is 9.95. The molecule has 1 aliphatic carbocycles. The number of nitrogens with zero attached hydrogens (tertiary/aromatic N) is 1. The summed E-state index contributed by atoms with van der Waals surface area (Å²) in [5.41, 5.74) is 0.200. The Morgan fingerprint density at radius 1 is 1.37 bits per heavy atom. The van der Waals surface area contributed by atoms with Gasteiger partial charge in [0.05, 0.1) is 5.92 Å². The molecule has 0 radical (unpaired) electrons. The van der Waals surface area contributed by atoms with Gasteiger partial charge in [-0.3, -0.25) is 9.59 Å². The van der Waals surface area contributed by atoms with E-state index < -0.39 is 11.9 Å². The predicted octanol–water partition coefficient (Wildman–Crippen LogP) is 1.75. The third-order valence-corrected chi connectivity index (χ3v) is 3.51. The van der Waals surface area contributed by atoms with Gasteiger partial charge in [-0.05, 0) is 19.8 Å². The van der Waals surface area contributed by atoms with Crippen molar-refractivity contribution in [1.82, 2.24) is 10.5 Å². The molecule has 1 aliphatic rings. The van der Waals surface area contributed by atoms with Crippen LogP contribution in [0.2, 0.25) is 0 Å². The summed E-state index contributed by atoms with van der Waals surface area (Å²) >= 11 is 0. The van der Waals surface area contributed by atoms with Gasteiger partial charge >= 0.3 is 5.97 Å². The van der Waals surface area contributed by atoms with Gasteiger partial charge in [-0.2, -0.15) is 0 Å². The number of hydrogen-bond donors (Lipinski definition) is 2. The average molecular weight is 266 g/mol. The predicted molar refractivity (Wildman–Crippen MR) is 66.7 cm³/mol. The van der Waals surface area contributed by atoms with Crippen molar-refractivity contribution in [1.29, 1.82) is 0 Å². The molecule has 104 valence electrons. The Balaban J connectivity index is 2.06. The summed E-state index contributed by atoms with van der Waals surface area (Å²) in [5, 5.41) is 15.7. The standard InChI is InChI=1S/C13H18N2O4/c1-8-7-11(15-19-8)12(16)14-10-6-4-2-3-5-9(10)13(17)18/h7,9-10H,2-6H2,1H3,(H,14,16)(H,17,18)/t9-,10-/m1/s1. The first-order valence-corrected chi connectivity index (χ1v) is 6.55. The van der Waals surface area contributed by atoms with Gasteiger partial charge < -0.3 is 14.9 Å². The molecular weight excluding hydrogens is 248 g/mol.